The minimum absolute atomic E-state index is 0.0203. The Bertz CT molecular complexity index is 1850. The molecule has 1 atom stereocenters. The van der Waals surface area contributed by atoms with Gasteiger partial charge in [0.25, 0.3) is 10.0 Å². The molecule has 0 spiro atoms. The summed E-state index contributed by atoms with van der Waals surface area (Å²) in [7, 11) is -3.84. The van der Waals surface area contributed by atoms with Gasteiger partial charge in [0, 0.05) is 33.6 Å². The molecule has 40 heavy (non-hydrogen) atoms. The van der Waals surface area contributed by atoms with Crippen LogP contribution < -0.4 is 10.0 Å². The van der Waals surface area contributed by atoms with Gasteiger partial charge in [0.05, 0.1) is 4.90 Å². The van der Waals surface area contributed by atoms with Crippen molar-refractivity contribution in [3.05, 3.63) is 132 Å². The van der Waals surface area contributed by atoms with Crippen molar-refractivity contribution in [3.63, 3.8) is 0 Å². The Morgan fingerprint density at radius 2 is 1.32 bits per heavy atom. The van der Waals surface area contributed by atoms with E-state index in [4.69, 9.17) is 11.6 Å². The third kappa shape index (κ3) is 5.60. The molecule has 0 aliphatic carbocycles. The van der Waals surface area contributed by atoms with Crippen LogP contribution >= 0.6 is 23.4 Å². The fraction of sp³-hybridized carbons (Fsp3) is 0.0323. The Morgan fingerprint density at radius 1 is 0.725 bits per heavy atom. The quantitative estimate of drug-likeness (QED) is 0.107. The Kier molecular flexibility index (Phi) is 7.30. The number of nitrogens with zero attached hydrogens (tertiary/aromatic N) is 2. The Balaban J connectivity index is 1.39. The molecule has 0 fully saturated rings. The van der Waals surface area contributed by atoms with Crippen molar-refractivity contribution < 1.29 is 8.42 Å². The number of benzene rings is 5. The van der Waals surface area contributed by atoms with E-state index in [1.165, 1.54) is 12.4 Å². The van der Waals surface area contributed by atoms with E-state index in [2.05, 4.69) is 50.3 Å². The molecule has 2 N–H and O–H groups in total. The first-order valence-corrected chi connectivity index (χ1v) is 15.2. The number of halogens is 1. The summed E-state index contributed by atoms with van der Waals surface area (Å²) in [5.41, 5.74) is 1.92. The monoisotopic (exact) mass is 582 g/mol. The molecule has 0 bridgehead atoms. The van der Waals surface area contributed by atoms with Crippen molar-refractivity contribution in [1.29, 1.82) is 0 Å². The van der Waals surface area contributed by atoms with Gasteiger partial charge in [0.2, 0.25) is 5.95 Å². The van der Waals surface area contributed by atoms with E-state index in [9.17, 15) is 8.42 Å². The molecule has 6 nitrogen and oxygen atoms in total. The first kappa shape index (κ1) is 26.1. The minimum Gasteiger partial charge on any atom is -0.369 e. The van der Waals surface area contributed by atoms with E-state index in [0.29, 0.717) is 5.02 Å². The molecule has 1 aromatic heterocycles. The predicted octanol–water partition coefficient (Wildman–Crippen LogP) is 8.14. The second kappa shape index (κ2) is 11.2. The lowest BCUT2D eigenvalue weighted by Crippen LogP contribution is -2.15. The summed E-state index contributed by atoms with van der Waals surface area (Å²) in [5, 5.41) is 8.73. The van der Waals surface area contributed by atoms with E-state index in [1.54, 1.807) is 42.1 Å². The molecule has 6 rings (SSSR count). The van der Waals surface area contributed by atoms with E-state index in [1.807, 2.05) is 48.5 Å². The van der Waals surface area contributed by atoms with Gasteiger partial charge in [-0.1, -0.05) is 71.9 Å². The molecule has 6 aromatic rings. The molecule has 9 heteroatoms. The highest BCUT2D eigenvalue weighted by molar-refractivity contribution is 7.99. The van der Waals surface area contributed by atoms with E-state index in [0.717, 1.165) is 37.7 Å². The molecule has 0 saturated carbocycles. The zero-order valence-corrected chi connectivity index (χ0v) is 23.4. The summed E-state index contributed by atoms with van der Waals surface area (Å²) in [6.07, 6.45) is 2.96. The van der Waals surface area contributed by atoms with Crippen LogP contribution in [0.2, 0.25) is 5.02 Å². The summed E-state index contributed by atoms with van der Waals surface area (Å²) in [5.74, 6) is 0.0203. The Morgan fingerprint density at radius 3 is 1.95 bits per heavy atom. The molecule has 0 radical (unpaired) electrons. The maximum Gasteiger partial charge on any atom is 0.264 e. The summed E-state index contributed by atoms with van der Waals surface area (Å²) in [6, 6.07) is 35.0. The van der Waals surface area contributed by atoms with Crippen molar-refractivity contribution in [3.8, 4) is 0 Å². The predicted molar refractivity (Wildman–Crippen MR) is 164 cm³/mol. The van der Waals surface area contributed by atoms with E-state index in [-0.39, 0.29) is 16.2 Å². The van der Waals surface area contributed by atoms with Crippen molar-refractivity contribution in [2.45, 2.75) is 15.2 Å². The number of nitrogens with one attached hydrogen (secondary N) is 2. The number of sulfonamides is 1. The lowest BCUT2D eigenvalue weighted by Gasteiger charge is -2.24. The molecule has 1 heterocycles. The Hall–Kier alpha value is -4.11. The van der Waals surface area contributed by atoms with Crippen LogP contribution in [0.4, 0.5) is 11.6 Å². The molecule has 0 aliphatic heterocycles. The smallest absolute Gasteiger partial charge is 0.264 e. The van der Waals surface area contributed by atoms with E-state index >= 15 is 0 Å². The van der Waals surface area contributed by atoms with Crippen LogP contribution in [0.3, 0.4) is 0 Å². The van der Waals surface area contributed by atoms with Gasteiger partial charge in [-0.05, 0) is 82.2 Å². The fourth-order valence-corrected chi connectivity index (χ4v) is 6.77. The number of thioether (sulfide) groups is 1. The van der Waals surface area contributed by atoms with Gasteiger partial charge < -0.3 is 5.32 Å². The first-order chi connectivity index (χ1) is 19.5. The van der Waals surface area contributed by atoms with Crippen LogP contribution in [0, 0.1) is 0 Å². The third-order valence-corrected chi connectivity index (χ3v) is 9.13. The SMILES string of the molecule is O=S(=O)(Nc1ncccn1)c1ccc(NC(Sc2ccc(Cl)cc2)c2c3ccccc3cc3ccccc23)cc1. The third-order valence-electron chi connectivity index (χ3n) is 6.40. The fourth-order valence-electron chi connectivity index (χ4n) is 4.55. The van der Waals surface area contributed by atoms with Crippen molar-refractivity contribution in [1.82, 2.24) is 9.97 Å². The normalized spacial score (nSPS) is 12.3. The highest BCUT2D eigenvalue weighted by Gasteiger charge is 2.21. The molecule has 0 aliphatic rings. The second-order valence-corrected chi connectivity index (χ2v) is 12.3. The Labute approximate surface area is 241 Å². The second-order valence-electron chi connectivity index (χ2n) is 9.03. The lowest BCUT2D eigenvalue weighted by atomic mass is 9.96. The number of hydrogen-bond acceptors (Lipinski definition) is 6. The number of hydrogen-bond donors (Lipinski definition) is 2. The zero-order chi connectivity index (χ0) is 27.5. The van der Waals surface area contributed by atoms with Gasteiger partial charge >= 0.3 is 0 Å². The van der Waals surface area contributed by atoms with Gasteiger partial charge in [-0.15, -0.1) is 0 Å². The average Bonchev–Trinajstić information content (AvgIpc) is 2.97. The summed E-state index contributed by atoms with van der Waals surface area (Å²) in [4.78, 5) is 9.06. The maximum absolute atomic E-state index is 12.9. The number of aromatic nitrogens is 2. The van der Waals surface area contributed by atoms with Gasteiger partial charge in [-0.3, -0.25) is 0 Å². The molecular weight excluding hydrogens is 560 g/mol. The van der Waals surface area contributed by atoms with Crippen LogP contribution in [-0.4, -0.2) is 18.4 Å². The minimum atomic E-state index is -3.84. The van der Waals surface area contributed by atoms with Crippen LogP contribution in [0.15, 0.2) is 131 Å². The molecule has 198 valence electrons. The van der Waals surface area contributed by atoms with E-state index < -0.39 is 10.0 Å². The number of rotatable bonds is 8. The standard InChI is InChI=1S/C31H23ClN4O2S2/c32-23-10-14-25(15-11-23)39-30(29-27-8-3-1-6-21(27)20-22-7-2-4-9-28(22)29)35-24-12-16-26(17-13-24)40(37,38)36-31-33-18-5-19-34-31/h1-20,30,35H,(H,33,34,36). The summed E-state index contributed by atoms with van der Waals surface area (Å²) < 4.78 is 28.2. The van der Waals surface area contributed by atoms with Gasteiger partial charge in [0.1, 0.15) is 5.37 Å². The van der Waals surface area contributed by atoms with Gasteiger partial charge in [-0.2, -0.15) is 0 Å². The zero-order valence-electron chi connectivity index (χ0n) is 21.0. The van der Waals surface area contributed by atoms with Crippen LogP contribution in [0.5, 0.6) is 0 Å². The highest BCUT2D eigenvalue weighted by atomic mass is 35.5. The molecule has 1 unspecified atom stereocenters. The number of anilines is 2. The van der Waals surface area contributed by atoms with Crippen molar-refractivity contribution >= 4 is 66.6 Å². The first-order valence-electron chi connectivity index (χ1n) is 12.5. The van der Waals surface area contributed by atoms with Crippen LogP contribution in [0.25, 0.3) is 21.5 Å². The van der Waals surface area contributed by atoms with Gasteiger partial charge in [-0.25, -0.2) is 23.1 Å². The number of fused-ring (bicyclic) bond motifs is 2. The lowest BCUT2D eigenvalue weighted by molar-refractivity contribution is 0.601. The largest absolute Gasteiger partial charge is 0.369 e. The van der Waals surface area contributed by atoms with Crippen LogP contribution in [-0.2, 0) is 10.0 Å². The van der Waals surface area contributed by atoms with Crippen molar-refractivity contribution in [2.75, 3.05) is 10.0 Å². The van der Waals surface area contributed by atoms with Crippen LogP contribution in [0.1, 0.15) is 10.9 Å². The maximum atomic E-state index is 12.9. The van der Waals surface area contributed by atoms with Gasteiger partial charge in [0.15, 0.2) is 0 Å². The molecule has 0 amide bonds. The topological polar surface area (TPSA) is 84.0 Å². The molecule has 0 saturated heterocycles. The molecule has 5 aromatic carbocycles. The average molecular weight is 583 g/mol. The van der Waals surface area contributed by atoms with Crippen molar-refractivity contribution in [2.24, 2.45) is 0 Å². The highest BCUT2D eigenvalue weighted by Crippen LogP contribution is 2.43. The molecular formula is C31H23ClN4O2S2. The summed E-state index contributed by atoms with van der Waals surface area (Å²) in [6.45, 7) is 0. The summed E-state index contributed by atoms with van der Waals surface area (Å²) >= 11 is 7.84.